The molecule has 1 saturated carbocycles. The second-order valence-electron chi connectivity index (χ2n) is 6.12. The number of oxime groups is 1. The first-order valence-corrected chi connectivity index (χ1v) is 7.62. The van der Waals surface area contributed by atoms with Crippen LogP contribution >= 0.6 is 0 Å². The van der Waals surface area contributed by atoms with Crippen molar-refractivity contribution >= 4 is 5.84 Å². The predicted octanol–water partition coefficient (Wildman–Crippen LogP) is 1.90. The molecule has 3 rings (SSSR count). The maximum absolute atomic E-state index is 8.65. The summed E-state index contributed by atoms with van der Waals surface area (Å²) in [5.74, 6) is 1.32. The normalized spacial score (nSPS) is 21.4. The number of fused-ring (bicyclic) bond motifs is 1. The van der Waals surface area contributed by atoms with Crippen LogP contribution in [-0.2, 0) is 6.42 Å². The van der Waals surface area contributed by atoms with Gasteiger partial charge in [0.05, 0.1) is 0 Å². The van der Waals surface area contributed by atoms with E-state index < -0.39 is 0 Å². The first-order chi connectivity index (χ1) is 10.2. The zero-order valence-electron chi connectivity index (χ0n) is 12.5. The number of amidine groups is 1. The number of hydrogen-bond donors (Lipinski definition) is 2. The lowest BCUT2D eigenvalue weighted by atomic mass is 10.1. The summed E-state index contributed by atoms with van der Waals surface area (Å²) in [7, 11) is 0. The van der Waals surface area contributed by atoms with E-state index >= 15 is 0 Å². The Kier molecular flexibility index (Phi) is 4.01. The highest BCUT2D eigenvalue weighted by Crippen LogP contribution is 2.32. The summed E-state index contributed by atoms with van der Waals surface area (Å²) < 4.78 is 6.05. The zero-order valence-corrected chi connectivity index (χ0v) is 12.5. The van der Waals surface area contributed by atoms with Gasteiger partial charge in [0.2, 0.25) is 0 Å². The van der Waals surface area contributed by atoms with Gasteiger partial charge in [0.25, 0.3) is 0 Å². The molecule has 21 heavy (non-hydrogen) atoms. The Labute approximate surface area is 125 Å². The minimum Gasteiger partial charge on any atom is -0.488 e. The molecule has 5 nitrogen and oxygen atoms in total. The maximum atomic E-state index is 8.65. The summed E-state index contributed by atoms with van der Waals surface area (Å²) in [6.45, 7) is 3.86. The molecule has 1 unspecified atom stereocenters. The van der Waals surface area contributed by atoms with Gasteiger partial charge in [0, 0.05) is 32.0 Å². The van der Waals surface area contributed by atoms with Gasteiger partial charge in [0.15, 0.2) is 0 Å². The Morgan fingerprint density at radius 2 is 2.29 bits per heavy atom. The van der Waals surface area contributed by atoms with Crippen LogP contribution in [0.15, 0.2) is 23.4 Å². The van der Waals surface area contributed by atoms with E-state index in [2.05, 4.69) is 35.2 Å². The molecule has 2 aliphatic rings. The van der Waals surface area contributed by atoms with Gasteiger partial charge in [0.1, 0.15) is 17.7 Å². The third-order valence-corrected chi connectivity index (χ3v) is 4.24. The number of aryl methyl sites for hydroxylation is 1. The lowest BCUT2D eigenvalue weighted by molar-refractivity contribution is 0.147. The number of ether oxygens (including phenoxy) is 1. The lowest BCUT2D eigenvalue weighted by Crippen LogP contribution is -2.38. The van der Waals surface area contributed by atoms with Crippen LogP contribution in [0.4, 0.5) is 0 Å². The molecule has 0 bridgehead atoms. The van der Waals surface area contributed by atoms with E-state index in [4.69, 9.17) is 15.7 Å². The minimum absolute atomic E-state index is 0.217. The molecule has 0 spiro atoms. The van der Waals surface area contributed by atoms with Crippen molar-refractivity contribution in [3.05, 3.63) is 29.3 Å². The van der Waals surface area contributed by atoms with E-state index in [1.807, 2.05) is 0 Å². The Morgan fingerprint density at radius 1 is 1.48 bits per heavy atom. The minimum atomic E-state index is 0.217. The third-order valence-electron chi connectivity index (χ3n) is 4.24. The molecule has 1 fully saturated rings. The van der Waals surface area contributed by atoms with Gasteiger partial charge in [-0.25, -0.2) is 0 Å². The Bertz CT molecular complexity index is 540. The molecule has 1 atom stereocenters. The van der Waals surface area contributed by atoms with E-state index in [9.17, 15) is 0 Å². The molecule has 1 aromatic rings. The van der Waals surface area contributed by atoms with Gasteiger partial charge >= 0.3 is 0 Å². The Morgan fingerprint density at radius 3 is 3.00 bits per heavy atom. The van der Waals surface area contributed by atoms with Gasteiger partial charge in [-0.3, -0.25) is 4.90 Å². The Balaban J connectivity index is 1.58. The summed E-state index contributed by atoms with van der Waals surface area (Å²) >= 11 is 0. The molecule has 0 saturated heterocycles. The molecule has 3 N–H and O–H groups in total. The van der Waals surface area contributed by atoms with Crippen molar-refractivity contribution in [1.29, 1.82) is 0 Å². The average molecular weight is 289 g/mol. The summed E-state index contributed by atoms with van der Waals surface area (Å²) in [4.78, 5) is 2.42. The fourth-order valence-electron chi connectivity index (χ4n) is 2.98. The summed E-state index contributed by atoms with van der Waals surface area (Å²) in [5, 5.41) is 11.7. The van der Waals surface area contributed by atoms with Crippen molar-refractivity contribution in [3.8, 4) is 5.75 Å². The summed E-state index contributed by atoms with van der Waals surface area (Å²) in [6.07, 6.45) is 4.29. The van der Waals surface area contributed by atoms with Gasteiger partial charge in [-0.1, -0.05) is 22.9 Å². The number of rotatable bonds is 6. The van der Waals surface area contributed by atoms with E-state index in [1.54, 1.807) is 0 Å². The third kappa shape index (κ3) is 3.47. The molecule has 1 aromatic carbocycles. The van der Waals surface area contributed by atoms with Crippen molar-refractivity contribution in [1.82, 2.24) is 4.90 Å². The number of hydrogen-bond acceptors (Lipinski definition) is 4. The molecule has 0 radical (unpaired) electrons. The molecular weight excluding hydrogens is 266 g/mol. The van der Waals surface area contributed by atoms with E-state index in [0.29, 0.717) is 18.3 Å². The van der Waals surface area contributed by atoms with E-state index in [1.165, 1.54) is 24.0 Å². The van der Waals surface area contributed by atoms with Crippen molar-refractivity contribution < 1.29 is 9.94 Å². The summed E-state index contributed by atoms with van der Waals surface area (Å²) in [5.41, 5.74) is 8.17. The maximum Gasteiger partial charge on any atom is 0.140 e. The van der Waals surface area contributed by atoms with Crippen LogP contribution in [0, 0.1) is 6.92 Å². The van der Waals surface area contributed by atoms with Gasteiger partial charge in [-0.05, 0) is 31.4 Å². The van der Waals surface area contributed by atoms with Crippen LogP contribution in [0.2, 0.25) is 0 Å². The van der Waals surface area contributed by atoms with Crippen LogP contribution < -0.4 is 10.5 Å². The van der Waals surface area contributed by atoms with Gasteiger partial charge < -0.3 is 15.7 Å². The van der Waals surface area contributed by atoms with E-state index in [0.717, 1.165) is 25.3 Å². The molecular formula is C16H23N3O2. The predicted molar refractivity (Wildman–Crippen MR) is 81.9 cm³/mol. The summed E-state index contributed by atoms with van der Waals surface area (Å²) in [6, 6.07) is 7.03. The molecule has 0 aromatic heterocycles. The SMILES string of the molecule is Cc1ccc2c(c1)CC(CN(CCC(N)=NO)C1CC1)O2. The highest BCUT2D eigenvalue weighted by molar-refractivity contribution is 5.79. The second-order valence-corrected chi connectivity index (χ2v) is 6.12. The van der Waals surface area contributed by atoms with Crippen molar-refractivity contribution in [2.24, 2.45) is 10.9 Å². The van der Waals surface area contributed by atoms with Crippen LogP contribution in [0.25, 0.3) is 0 Å². The Hall–Kier alpha value is -1.75. The largest absolute Gasteiger partial charge is 0.488 e. The molecule has 1 aliphatic heterocycles. The standard InChI is InChI=1S/C16H23N3O2/c1-11-2-5-15-12(8-11)9-14(21-15)10-19(13-3-4-13)7-6-16(17)18-20/h2,5,8,13-14,20H,3-4,6-7,9-10H2,1H3,(H2,17,18). The molecule has 0 amide bonds. The van der Waals surface area contributed by atoms with Crippen molar-refractivity contribution in [3.63, 3.8) is 0 Å². The molecule has 5 heteroatoms. The number of benzene rings is 1. The smallest absolute Gasteiger partial charge is 0.140 e. The van der Waals surface area contributed by atoms with Gasteiger partial charge in [-0.2, -0.15) is 0 Å². The van der Waals surface area contributed by atoms with Crippen LogP contribution in [0.3, 0.4) is 0 Å². The van der Waals surface area contributed by atoms with Crippen LogP contribution in [0.1, 0.15) is 30.4 Å². The van der Waals surface area contributed by atoms with Gasteiger partial charge in [-0.15, -0.1) is 0 Å². The first-order valence-electron chi connectivity index (χ1n) is 7.62. The quantitative estimate of drug-likeness (QED) is 0.363. The fraction of sp³-hybridized carbons (Fsp3) is 0.562. The number of nitrogens with zero attached hydrogens (tertiary/aromatic N) is 2. The second kappa shape index (κ2) is 5.93. The zero-order chi connectivity index (χ0) is 14.8. The first kappa shape index (κ1) is 14.2. The molecule has 1 heterocycles. The van der Waals surface area contributed by atoms with Crippen molar-refractivity contribution in [2.45, 2.75) is 44.8 Å². The molecule has 114 valence electrons. The fourth-order valence-corrected chi connectivity index (χ4v) is 2.98. The van der Waals surface area contributed by atoms with Crippen LogP contribution in [-0.4, -0.2) is 41.2 Å². The topological polar surface area (TPSA) is 71.1 Å². The van der Waals surface area contributed by atoms with Crippen LogP contribution in [0.5, 0.6) is 5.75 Å². The monoisotopic (exact) mass is 289 g/mol. The molecule has 1 aliphatic carbocycles. The lowest BCUT2D eigenvalue weighted by Gasteiger charge is -2.24. The highest BCUT2D eigenvalue weighted by atomic mass is 16.5. The average Bonchev–Trinajstić information content (AvgIpc) is 3.24. The number of nitrogens with two attached hydrogens (primary N) is 1. The highest BCUT2D eigenvalue weighted by Gasteiger charge is 2.33. The van der Waals surface area contributed by atoms with Crippen molar-refractivity contribution in [2.75, 3.05) is 13.1 Å². The van der Waals surface area contributed by atoms with E-state index in [-0.39, 0.29) is 6.10 Å².